The van der Waals surface area contributed by atoms with Crippen LogP contribution in [0.3, 0.4) is 0 Å². The highest BCUT2D eigenvalue weighted by Crippen LogP contribution is 2.24. The number of benzene rings is 1. The molecule has 1 N–H and O–H groups in total. The molecule has 0 saturated carbocycles. The average molecular weight is 268 g/mol. The summed E-state index contributed by atoms with van der Waals surface area (Å²) in [5.74, 6) is -0.428. The molecule has 2 nitrogen and oxygen atoms in total. The van der Waals surface area contributed by atoms with Gasteiger partial charge in [-0.3, -0.25) is 0 Å². The van der Waals surface area contributed by atoms with Gasteiger partial charge in [0.05, 0.1) is 18.1 Å². The summed E-state index contributed by atoms with van der Waals surface area (Å²) in [5.41, 5.74) is 0.868. The average Bonchev–Trinajstić information content (AvgIpc) is 2.19. The summed E-state index contributed by atoms with van der Waals surface area (Å²) >= 11 is 3.36. The van der Waals surface area contributed by atoms with Crippen LogP contribution in [0.1, 0.15) is 31.2 Å². The van der Waals surface area contributed by atoms with Crippen LogP contribution in [-0.2, 0) is 0 Å². The van der Waals surface area contributed by atoms with E-state index in [-0.39, 0.29) is 0 Å². The van der Waals surface area contributed by atoms with E-state index in [2.05, 4.69) is 22.0 Å². The lowest BCUT2D eigenvalue weighted by molar-refractivity contribution is 0.150. The SMILES string of the molecule is CCCC(O)C(C#N)c1cccc(Br)c1. The van der Waals surface area contributed by atoms with E-state index in [4.69, 9.17) is 5.26 Å². The van der Waals surface area contributed by atoms with Crippen molar-refractivity contribution in [3.8, 4) is 6.07 Å². The number of halogens is 1. The molecule has 1 rings (SSSR count). The topological polar surface area (TPSA) is 44.0 Å². The van der Waals surface area contributed by atoms with Gasteiger partial charge in [-0.25, -0.2) is 0 Å². The lowest BCUT2D eigenvalue weighted by Gasteiger charge is -2.16. The van der Waals surface area contributed by atoms with Crippen LogP contribution < -0.4 is 0 Å². The molecule has 2 unspecified atom stereocenters. The molecule has 1 aromatic rings. The summed E-state index contributed by atoms with van der Waals surface area (Å²) in [6.07, 6.45) is 0.965. The first kappa shape index (κ1) is 12.2. The molecule has 3 heteroatoms. The third-order valence-corrected chi connectivity index (χ3v) is 2.81. The Morgan fingerprint density at radius 2 is 2.27 bits per heavy atom. The third kappa shape index (κ3) is 3.33. The molecule has 0 aliphatic carbocycles. The van der Waals surface area contributed by atoms with Crippen LogP contribution in [0.5, 0.6) is 0 Å². The first-order valence-corrected chi connectivity index (χ1v) is 5.81. The molecule has 0 aliphatic rings. The molecule has 0 aliphatic heterocycles. The van der Waals surface area contributed by atoms with E-state index in [9.17, 15) is 5.11 Å². The molecule has 2 atom stereocenters. The lowest BCUT2D eigenvalue weighted by atomic mass is 9.92. The highest BCUT2D eigenvalue weighted by Gasteiger charge is 2.19. The Balaban J connectivity index is 2.88. The number of aliphatic hydroxyl groups is 1. The van der Waals surface area contributed by atoms with E-state index in [0.29, 0.717) is 6.42 Å². The van der Waals surface area contributed by atoms with Gasteiger partial charge in [-0.05, 0) is 24.1 Å². The van der Waals surface area contributed by atoms with Gasteiger partial charge >= 0.3 is 0 Å². The first-order valence-electron chi connectivity index (χ1n) is 5.02. The number of nitrogens with zero attached hydrogens (tertiary/aromatic N) is 1. The van der Waals surface area contributed by atoms with Crippen LogP contribution >= 0.6 is 15.9 Å². The predicted octanol–water partition coefficient (Wildman–Crippen LogP) is 3.22. The normalized spacial score (nSPS) is 14.3. The van der Waals surface area contributed by atoms with Gasteiger partial charge in [-0.15, -0.1) is 0 Å². The number of aliphatic hydroxyl groups excluding tert-OH is 1. The monoisotopic (exact) mass is 267 g/mol. The summed E-state index contributed by atoms with van der Waals surface area (Å²) < 4.78 is 0.934. The Labute approximate surface area is 98.7 Å². The lowest BCUT2D eigenvalue weighted by Crippen LogP contribution is -2.16. The second-order valence-corrected chi connectivity index (χ2v) is 4.43. The number of hydrogen-bond donors (Lipinski definition) is 1. The van der Waals surface area contributed by atoms with Gasteiger partial charge in [0.15, 0.2) is 0 Å². The second kappa shape index (κ2) is 5.89. The van der Waals surface area contributed by atoms with E-state index in [1.165, 1.54) is 0 Å². The van der Waals surface area contributed by atoms with E-state index < -0.39 is 12.0 Å². The Morgan fingerprint density at radius 3 is 2.80 bits per heavy atom. The van der Waals surface area contributed by atoms with Gasteiger partial charge in [0, 0.05) is 4.47 Å². The molecule has 80 valence electrons. The minimum absolute atomic E-state index is 0.428. The van der Waals surface area contributed by atoms with E-state index >= 15 is 0 Å². The van der Waals surface area contributed by atoms with Crippen LogP contribution in [0.15, 0.2) is 28.7 Å². The highest BCUT2D eigenvalue weighted by atomic mass is 79.9. The van der Waals surface area contributed by atoms with Crippen molar-refractivity contribution in [2.24, 2.45) is 0 Å². The van der Waals surface area contributed by atoms with Gasteiger partial charge in [-0.1, -0.05) is 41.4 Å². The second-order valence-electron chi connectivity index (χ2n) is 3.52. The van der Waals surface area contributed by atoms with Crippen molar-refractivity contribution in [1.82, 2.24) is 0 Å². The van der Waals surface area contributed by atoms with Crippen LogP contribution in [0.25, 0.3) is 0 Å². The predicted molar refractivity (Wildman–Crippen MR) is 63.4 cm³/mol. The van der Waals surface area contributed by atoms with Crippen LogP contribution in [0.4, 0.5) is 0 Å². The van der Waals surface area contributed by atoms with Gasteiger partial charge < -0.3 is 5.11 Å². The third-order valence-electron chi connectivity index (χ3n) is 2.32. The summed E-state index contributed by atoms with van der Waals surface area (Å²) in [6.45, 7) is 2.00. The molecule has 0 aromatic heterocycles. The molecule has 0 radical (unpaired) electrons. The van der Waals surface area contributed by atoms with Gasteiger partial charge in [-0.2, -0.15) is 5.26 Å². The summed E-state index contributed by atoms with van der Waals surface area (Å²) in [6, 6.07) is 9.70. The molecule has 0 saturated heterocycles. The van der Waals surface area contributed by atoms with E-state index in [0.717, 1.165) is 16.5 Å². The number of rotatable bonds is 4. The summed E-state index contributed by atoms with van der Waals surface area (Å²) in [7, 11) is 0. The van der Waals surface area contributed by atoms with E-state index in [1.54, 1.807) is 0 Å². The Kier molecular flexibility index (Phi) is 4.80. The zero-order valence-corrected chi connectivity index (χ0v) is 10.2. The molecule has 1 aromatic carbocycles. The van der Waals surface area contributed by atoms with Crippen molar-refractivity contribution < 1.29 is 5.11 Å². The molecule has 0 heterocycles. The standard InChI is InChI=1S/C12H14BrNO/c1-2-4-12(15)11(8-14)9-5-3-6-10(13)7-9/h3,5-7,11-12,15H,2,4H2,1H3. The minimum atomic E-state index is -0.575. The molecule has 0 bridgehead atoms. The fourth-order valence-corrected chi connectivity index (χ4v) is 1.96. The van der Waals surface area contributed by atoms with Gasteiger partial charge in [0.1, 0.15) is 0 Å². The van der Waals surface area contributed by atoms with Gasteiger partial charge in [0.25, 0.3) is 0 Å². The van der Waals surface area contributed by atoms with Crippen molar-refractivity contribution in [1.29, 1.82) is 5.26 Å². The Hall–Kier alpha value is -0.850. The maximum absolute atomic E-state index is 9.82. The summed E-state index contributed by atoms with van der Waals surface area (Å²) in [4.78, 5) is 0. The van der Waals surface area contributed by atoms with Crippen molar-refractivity contribution >= 4 is 15.9 Å². The molecule has 15 heavy (non-hydrogen) atoms. The van der Waals surface area contributed by atoms with Crippen LogP contribution in [0.2, 0.25) is 0 Å². The zero-order valence-electron chi connectivity index (χ0n) is 8.65. The molecular weight excluding hydrogens is 254 g/mol. The quantitative estimate of drug-likeness (QED) is 0.911. The summed E-state index contributed by atoms with van der Waals surface area (Å²) in [5, 5.41) is 18.9. The van der Waals surface area contributed by atoms with E-state index in [1.807, 2.05) is 31.2 Å². The van der Waals surface area contributed by atoms with Crippen molar-refractivity contribution in [2.75, 3.05) is 0 Å². The van der Waals surface area contributed by atoms with Crippen molar-refractivity contribution in [3.63, 3.8) is 0 Å². The Bertz CT molecular complexity index is 359. The maximum Gasteiger partial charge on any atom is 0.0972 e. The smallest absolute Gasteiger partial charge is 0.0972 e. The zero-order chi connectivity index (χ0) is 11.3. The minimum Gasteiger partial charge on any atom is -0.391 e. The highest BCUT2D eigenvalue weighted by molar-refractivity contribution is 9.10. The largest absolute Gasteiger partial charge is 0.391 e. The molecular formula is C12H14BrNO. The molecule has 0 fully saturated rings. The van der Waals surface area contributed by atoms with Crippen molar-refractivity contribution in [3.05, 3.63) is 34.3 Å². The first-order chi connectivity index (χ1) is 7.19. The van der Waals surface area contributed by atoms with Crippen LogP contribution in [-0.4, -0.2) is 11.2 Å². The fraction of sp³-hybridized carbons (Fsp3) is 0.417. The van der Waals surface area contributed by atoms with Crippen molar-refractivity contribution in [2.45, 2.75) is 31.8 Å². The molecule has 0 spiro atoms. The van der Waals surface area contributed by atoms with Crippen LogP contribution in [0, 0.1) is 11.3 Å². The molecule has 0 amide bonds. The fourth-order valence-electron chi connectivity index (χ4n) is 1.55. The Morgan fingerprint density at radius 1 is 1.53 bits per heavy atom. The number of hydrogen-bond acceptors (Lipinski definition) is 2. The maximum atomic E-state index is 9.82. The van der Waals surface area contributed by atoms with Gasteiger partial charge in [0.2, 0.25) is 0 Å². The number of nitriles is 1.